The van der Waals surface area contributed by atoms with Gasteiger partial charge in [-0.3, -0.25) is 4.79 Å². The van der Waals surface area contributed by atoms with Crippen LogP contribution in [-0.2, 0) is 4.79 Å². The van der Waals surface area contributed by atoms with Crippen molar-refractivity contribution in [1.29, 1.82) is 0 Å². The third kappa shape index (κ3) is 9.04. The van der Waals surface area contributed by atoms with Gasteiger partial charge in [0.25, 0.3) is 0 Å². The molecule has 0 saturated carbocycles. The Morgan fingerprint density at radius 1 is 1.31 bits per heavy atom. The molecule has 1 amide bonds. The van der Waals surface area contributed by atoms with Crippen molar-refractivity contribution in [2.45, 2.75) is 33.2 Å². The number of carbonyl (C=O) groups is 1. The highest BCUT2D eigenvalue weighted by Gasteiger charge is 2.09. The molecule has 3 nitrogen and oxygen atoms in total. The number of hydrogen-bond donors (Lipinski definition) is 1. The number of nitrogens with one attached hydrogen (secondary N) is 1. The van der Waals surface area contributed by atoms with Crippen LogP contribution in [0, 0.1) is 5.92 Å². The van der Waals surface area contributed by atoms with Gasteiger partial charge in [-0.2, -0.15) is 11.8 Å². The summed E-state index contributed by atoms with van der Waals surface area (Å²) in [6.45, 7) is 7.52. The molecule has 0 spiro atoms. The first-order valence-corrected chi connectivity index (χ1v) is 7.10. The minimum absolute atomic E-state index is 0.190. The van der Waals surface area contributed by atoms with Crippen LogP contribution < -0.4 is 5.32 Å². The summed E-state index contributed by atoms with van der Waals surface area (Å²) in [5.41, 5.74) is 0. The molecular weight excluding hydrogens is 220 g/mol. The Hall–Kier alpha value is -0.220. The highest BCUT2D eigenvalue weighted by Crippen LogP contribution is 2.06. The molecular formula is C12H26N2OS. The first-order chi connectivity index (χ1) is 7.43. The molecule has 0 aliphatic heterocycles. The maximum absolute atomic E-state index is 11.4. The van der Waals surface area contributed by atoms with E-state index in [0.717, 1.165) is 18.2 Å². The molecule has 0 aliphatic carbocycles. The van der Waals surface area contributed by atoms with Crippen molar-refractivity contribution in [1.82, 2.24) is 10.2 Å². The van der Waals surface area contributed by atoms with Gasteiger partial charge in [-0.1, -0.05) is 13.8 Å². The van der Waals surface area contributed by atoms with Gasteiger partial charge in [0.1, 0.15) is 0 Å². The highest BCUT2D eigenvalue weighted by molar-refractivity contribution is 7.99. The summed E-state index contributed by atoms with van der Waals surface area (Å²) in [5, 5.41) is 3.37. The second kappa shape index (κ2) is 8.88. The lowest BCUT2D eigenvalue weighted by Crippen LogP contribution is -2.34. The van der Waals surface area contributed by atoms with Crippen molar-refractivity contribution in [3.63, 3.8) is 0 Å². The lowest BCUT2D eigenvalue weighted by molar-refractivity contribution is -0.129. The summed E-state index contributed by atoms with van der Waals surface area (Å²) in [6.07, 6.45) is 0.585. The van der Waals surface area contributed by atoms with Gasteiger partial charge >= 0.3 is 0 Å². The summed E-state index contributed by atoms with van der Waals surface area (Å²) in [5.74, 6) is 3.29. The fraction of sp³-hybridized carbons (Fsp3) is 0.917. The van der Waals surface area contributed by atoms with Crippen molar-refractivity contribution in [2.75, 3.05) is 32.1 Å². The lowest BCUT2D eigenvalue weighted by Gasteiger charge is -2.16. The van der Waals surface area contributed by atoms with E-state index >= 15 is 0 Å². The molecule has 0 aromatic heterocycles. The first kappa shape index (κ1) is 15.8. The molecule has 0 aromatic rings. The van der Waals surface area contributed by atoms with Gasteiger partial charge in [0.15, 0.2) is 0 Å². The quantitative estimate of drug-likeness (QED) is 0.663. The Labute approximate surface area is 104 Å². The van der Waals surface area contributed by atoms with E-state index in [0.29, 0.717) is 6.42 Å². The van der Waals surface area contributed by atoms with Crippen molar-refractivity contribution in [2.24, 2.45) is 5.92 Å². The number of thioether (sulfide) groups is 1. The van der Waals surface area contributed by atoms with Crippen LogP contribution in [-0.4, -0.2) is 49.0 Å². The fourth-order valence-electron chi connectivity index (χ4n) is 1.21. The Bertz CT molecular complexity index is 195. The third-order valence-electron chi connectivity index (χ3n) is 2.17. The van der Waals surface area contributed by atoms with Gasteiger partial charge < -0.3 is 10.2 Å². The average molecular weight is 246 g/mol. The average Bonchev–Trinajstić information content (AvgIpc) is 2.16. The van der Waals surface area contributed by atoms with Crippen molar-refractivity contribution in [3.05, 3.63) is 0 Å². The molecule has 0 aliphatic rings. The van der Waals surface area contributed by atoms with Crippen molar-refractivity contribution in [3.8, 4) is 0 Å². The summed E-state index contributed by atoms with van der Waals surface area (Å²) >= 11 is 1.97. The van der Waals surface area contributed by atoms with Gasteiger partial charge in [0.05, 0.1) is 0 Å². The standard InChI is InChI=1S/C12H26N2OS/c1-10(2)9-16-7-6-13-11(3)8-12(15)14(4)5/h10-11,13H,6-9H2,1-5H3. The highest BCUT2D eigenvalue weighted by atomic mass is 32.2. The fourth-order valence-corrected chi connectivity index (χ4v) is 2.11. The number of carbonyl (C=O) groups excluding carboxylic acids is 1. The molecule has 0 heterocycles. The molecule has 0 rings (SSSR count). The number of nitrogens with zero attached hydrogens (tertiary/aromatic N) is 1. The molecule has 0 bridgehead atoms. The first-order valence-electron chi connectivity index (χ1n) is 5.94. The van der Waals surface area contributed by atoms with Crippen LogP contribution in [0.5, 0.6) is 0 Å². The van der Waals surface area contributed by atoms with Crippen LogP contribution >= 0.6 is 11.8 Å². The number of hydrogen-bond acceptors (Lipinski definition) is 3. The van der Waals surface area contributed by atoms with Crippen molar-refractivity contribution >= 4 is 17.7 Å². The molecule has 0 aromatic carbocycles. The largest absolute Gasteiger partial charge is 0.349 e. The SMILES string of the molecule is CC(C)CSCCNC(C)CC(=O)N(C)C. The zero-order valence-electron chi connectivity index (χ0n) is 11.2. The second-order valence-corrected chi connectivity index (χ2v) is 5.97. The Morgan fingerprint density at radius 3 is 2.44 bits per heavy atom. The summed E-state index contributed by atoms with van der Waals surface area (Å²) < 4.78 is 0. The molecule has 1 N–H and O–H groups in total. The van der Waals surface area contributed by atoms with Crippen LogP contribution in [0.15, 0.2) is 0 Å². The zero-order valence-corrected chi connectivity index (χ0v) is 12.1. The van der Waals surface area contributed by atoms with Crippen LogP contribution in [0.3, 0.4) is 0 Å². The topological polar surface area (TPSA) is 32.3 Å². The monoisotopic (exact) mass is 246 g/mol. The Kier molecular flexibility index (Phi) is 8.76. The van der Waals surface area contributed by atoms with Crippen LogP contribution in [0.25, 0.3) is 0 Å². The minimum atomic E-state index is 0.190. The summed E-state index contributed by atoms with van der Waals surface area (Å²) in [4.78, 5) is 13.1. The minimum Gasteiger partial charge on any atom is -0.349 e. The van der Waals surface area contributed by atoms with E-state index in [2.05, 4.69) is 26.1 Å². The molecule has 0 fully saturated rings. The maximum Gasteiger partial charge on any atom is 0.223 e. The zero-order chi connectivity index (χ0) is 12.6. The van der Waals surface area contributed by atoms with E-state index in [1.54, 1.807) is 19.0 Å². The Morgan fingerprint density at radius 2 is 1.94 bits per heavy atom. The molecule has 16 heavy (non-hydrogen) atoms. The third-order valence-corrected chi connectivity index (χ3v) is 3.57. The normalized spacial score (nSPS) is 12.9. The molecule has 0 radical (unpaired) electrons. The van der Waals surface area contributed by atoms with E-state index in [1.165, 1.54) is 5.75 Å². The van der Waals surface area contributed by atoms with E-state index in [9.17, 15) is 4.79 Å². The van der Waals surface area contributed by atoms with Gasteiger partial charge in [-0.15, -0.1) is 0 Å². The van der Waals surface area contributed by atoms with Crippen LogP contribution in [0.2, 0.25) is 0 Å². The van der Waals surface area contributed by atoms with Gasteiger partial charge in [0, 0.05) is 38.9 Å². The Balaban J connectivity index is 3.44. The van der Waals surface area contributed by atoms with E-state index in [-0.39, 0.29) is 11.9 Å². The van der Waals surface area contributed by atoms with E-state index < -0.39 is 0 Å². The van der Waals surface area contributed by atoms with Crippen LogP contribution in [0.4, 0.5) is 0 Å². The molecule has 0 saturated heterocycles. The van der Waals surface area contributed by atoms with Gasteiger partial charge in [-0.05, 0) is 18.6 Å². The molecule has 1 unspecified atom stereocenters. The second-order valence-electron chi connectivity index (χ2n) is 4.82. The number of rotatable bonds is 8. The lowest BCUT2D eigenvalue weighted by atomic mass is 10.2. The summed E-state index contributed by atoms with van der Waals surface area (Å²) in [7, 11) is 3.60. The molecule has 4 heteroatoms. The van der Waals surface area contributed by atoms with E-state index in [4.69, 9.17) is 0 Å². The van der Waals surface area contributed by atoms with Crippen molar-refractivity contribution < 1.29 is 4.79 Å². The smallest absolute Gasteiger partial charge is 0.223 e. The molecule has 96 valence electrons. The van der Waals surface area contributed by atoms with Gasteiger partial charge in [-0.25, -0.2) is 0 Å². The summed E-state index contributed by atoms with van der Waals surface area (Å²) in [6, 6.07) is 0.273. The predicted octanol–water partition coefficient (Wildman–Crippen LogP) is 1.83. The van der Waals surface area contributed by atoms with E-state index in [1.807, 2.05) is 11.8 Å². The predicted molar refractivity (Wildman–Crippen MR) is 72.9 cm³/mol. The number of amides is 1. The van der Waals surface area contributed by atoms with Gasteiger partial charge in [0.2, 0.25) is 5.91 Å². The maximum atomic E-state index is 11.4. The molecule has 1 atom stereocenters. The van der Waals surface area contributed by atoms with Crippen LogP contribution in [0.1, 0.15) is 27.2 Å².